The van der Waals surface area contributed by atoms with Crippen LogP contribution in [0.2, 0.25) is 10.0 Å². The summed E-state index contributed by atoms with van der Waals surface area (Å²) in [7, 11) is 1.52. The van der Waals surface area contributed by atoms with E-state index in [1.54, 1.807) is 30.3 Å². The minimum atomic E-state index is -0.374. The molecule has 0 aromatic heterocycles. The summed E-state index contributed by atoms with van der Waals surface area (Å²) in [5.74, 6) is 0.134. The lowest BCUT2D eigenvalue weighted by Gasteiger charge is -2.14. The van der Waals surface area contributed by atoms with Gasteiger partial charge in [0, 0.05) is 0 Å². The Bertz CT molecular complexity index is 766. The molecule has 0 heterocycles. The van der Waals surface area contributed by atoms with Crippen LogP contribution in [0.5, 0.6) is 5.75 Å². The van der Waals surface area contributed by atoms with Crippen LogP contribution in [0.15, 0.2) is 36.4 Å². The van der Waals surface area contributed by atoms with Crippen LogP contribution in [0, 0.1) is 6.92 Å². The molecule has 0 radical (unpaired) electrons. The number of para-hydroxylation sites is 1. The molecule has 0 unspecified atom stereocenters. The molecular weight excluding hydrogens is 355 g/mol. The molecule has 0 aliphatic rings. The summed E-state index contributed by atoms with van der Waals surface area (Å²) in [6, 6.07) is 10.4. The lowest BCUT2D eigenvalue weighted by Crippen LogP contribution is -2.34. The number of halogens is 2. The van der Waals surface area contributed by atoms with Crippen molar-refractivity contribution < 1.29 is 9.53 Å². The molecule has 0 saturated carbocycles. The number of anilines is 1. The van der Waals surface area contributed by atoms with Gasteiger partial charge in [0.1, 0.15) is 5.75 Å². The number of hydrogen-bond donors (Lipinski definition) is 2. The van der Waals surface area contributed by atoms with E-state index in [-0.39, 0.29) is 11.0 Å². The molecule has 0 aliphatic heterocycles. The zero-order chi connectivity index (χ0) is 17.0. The van der Waals surface area contributed by atoms with Crippen LogP contribution < -0.4 is 15.4 Å². The smallest absolute Gasteiger partial charge is 0.261 e. The summed E-state index contributed by atoms with van der Waals surface area (Å²) in [6.45, 7) is 1.86. The first-order valence-corrected chi connectivity index (χ1v) is 7.80. The zero-order valence-corrected chi connectivity index (χ0v) is 14.8. The second-order valence-corrected chi connectivity index (χ2v) is 5.86. The van der Waals surface area contributed by atoms with Crippen LogP contribution in [-0.4, -0.2) is 18.1 Å². The minimum Gasteiger partial charge on any atom is -0.496 e. The second kappa shape index (κ2) is 7.64. The van der Waals surface area contributed by atoms with Crippen LogP contribution in [0.25, 0.3) is 0 Å². The third kappa shape index (κ3) is 4.13. The van der Waals surface area contributed by atoms with E-state index in [1.807, 2.05) is 13.0 Å². The van der Waals surface area contributed by atoms with Crippen molar-refractivity contribution in [3.05, 3.63) is 57.6 Å². The number of aryl methyl sites for hydroxylation is 1. The molecule has 0 spiro atoms. The number of nitrogens with one attached hydrogen (secondary N) is 2. The Morgan fingerprint density at radius 3 is 2.57 bits per heavy atom. The molecule has 4 nitrogen and oxygen atoms in total. The molecule has 2 rings (SSSR count). The molecule has 2 aromatic rings. The Hall–Kier alpha value is -1.82. The number of benzene rings is 2. The van der Waals surface area contributed by atoms with Gasteiger partial charge in [0.25, 0.3) is 5.91 Å². The maximum Gasteiger partial charge on any atom is 0.261 e. The van der Waals surface area contributed by atoms with Crippen LogP contribution in [0.3, 0.4) is 0 Å². The highest BCUT2D eigenvalue weighted by Gasteiger charge is 2.15. The summed E-state index contributed by atoms with van der Waals surface area (Å²) >= 11 is 17.2. The largest absolute Gasteiger partial charge is 0.496 e. The van der Waals surface area contributed by atoms with Gasteiger partial charge in [-0.25, -0.2) is 0 Å². The standard InChI is InChI=1S/C16H14Cl2N2O2S/c1-9-5-3-6-10(14(9)22-2)15(21)20-16(23)19-12-8-4-7-11(17)13(12)18/h3-8H,1-2H3,(H2,19,20,21,23). The third-order valence-corrected chi connectivity index (χ3v) is 4.11. The van der Waals surface area contributed by atoms with E-state index in [9.17, 15) is 4.79 Å². The molecule has 0 aliphatic carbocycles. The number of methoxy groups -OCH3 is 1. The second-order valence-electron chi connectivity index (χ2n) is 4.67. The number of rotatable bonds is 3. The molecule has 0 saturated heterocycles. The van der Waals surface area contributed by atoms with Gasteiger partial charge in [-0.3, -0.25) is 10.1 Å². The fourth-order valence-corrected chi connectivity index (χ4v) is 2.58. The van der Waals surface area contributed by atoms with Crippen LogP contribution in [0.1, 0.15) is 15.9 Å². The Kier molecular flexibility index (Phi) is 5.82. The summed E-state index contributed by atoms with van der Waals surface area (Å²) in [5.41, 5.74) is 1.77. The summed E-state index contributed by atoms with van der Waals surface area (Å²) < 4.78 is 5.27. The fraction of sp³-hybridized carbons (Fsp3) is 0.125. The molecule has 23 heavy (non-hydrogen) atoms. The van der Waals surface area contributed by atoms with Crippen molar-refractivity contribution in [1.82, 2.24) is 5.32 Å². The lowest BCUT2D eigenvalue weighted by atomic mass is 10.1. The van der Waals surface area contributed by atoms with E-state index in [4.69, 9.17) is 40.2 Å². The number of ether oxygens (including phenoxy) is 1. The number of hydrogen-bond acceptors (Lipinski definition) is 3. The molecule has 0 bridgehead atoms. The van der Waals surface area contributed by atoms with E-state index in [0.717, 1.165) is 5.56 Å². The van der Waals surface area contributed by atoms with Crippen molar-refractivity contribution in [3.63, 3.8) is 0 Å². The Morgan fingerprint density at radius 2 is 1.87 bits per heavy atom. The fourth-order valence-electron chi connectivity index (χ4n) is 2.03. The van der Waals surface area contributed by atoms with Crippen molar-refractivity contribution in [2.45, 2.75) is 6.92 Å². The van der Waals surface area contributed by atoms with Crippen molar-refractivity contribution >= 4 is 52.1 Å². The zero-order valence-electron chi connectivity index (χ0n) is 12.4. The highest BCUT2D eigenvalue weighted by atomic mass is 35.5. The van der Waals surface area contributed by atoms with Gasteiger partial charge >= 0.3 is 0 Å². The monoisotopic (exact) mass is 368 g/mol. The Balaban J connectivity index is 2.13. The van der Waals surface area contributed by atoms with Gasteiger partial charge < -0.3 is 10.1 Å². The first-order chi connectivity index (χ1) is 10.9. The molecule has 7 heteroatoms. The van der Waals surface area contributed by atoms with E-state index in [2.05, 4.69) is 10.6 Å². The van der Waals surface area contributed by atoms with Crippen molar-refractivity contribution in [1.29, 1.82) is 0 Å². The molecular formula is C16H14Cl2N2O2S. The maximum absolute atomic E-state index is 12.4. The van der Waals surface area contributed by atoms with Crippen molar-refractivity contribution in [2.24, 2.45) is 0 Å². The maximum atomic E-state index is 12.4. The normalized spacial score (nSPS) is 10.1. The molecule has 0 fully saturated rings. The molecule has 2 aromatic carbocycles. The van der Waals surface area contributed by atoms with E-state index in [0.29, 0.717) is 27.0 Å². The summed E-state index contributed by atoms with van der Waals surface area (Å²) in [4.78, 5) is 12.4. The number of amides is 1. The predicted molar refractivity (Wildman–Crippen MR) is 97.9 cm³/mol. The minimum absolute atomic E-state index is 0.114. The molecule has 2 N–H and O–H groups in total. The highest BCUT2D eigenvalue weighted by molar-refractivity contribution is 7.80. The van der Waals surface area contributed by atoms with Crippen LogP contribution in [0.4, 0.5) is 5.69 Å². The SMILES string of the molecule is COc1c(C)cccc1C(=O)NC(=S)Nc1cccc(Cl)c1Cl. The molecule has 120 valence electrons. The highest BCUT2D eigenvalue weighted by Crippen LogP contribution is 2.29. The Labute approximate surface area is 149 Å². The van der Waals surface area contributed by atoms with Gasteiger partial charge in [-0.2, -0.15) is 0 Å². The average molecular weight is 369 g/mol. The van der Waals surface area contributed by atoms with E-state index in [1.165, 1.54) is 7.11 Å². The van der Waals surface area contributed by atoms with Gasteiger partial charge in [0.2, 0.25) is 0 Å². The van der Waals surface area contributed by atoms with Gasteiger partial charge in [-0.1, -0.05) is 41.4 Å². The summed E-state index contributed by atoms with van der Waals surface area (Å²) in [6.07, 6.45) is 0. The van der Waals surface area contributed by atoms with E-state index >= 15 is 0 Å². The topological polar surface area (TPSA) is 50.4 Å². The number of carbonyl (C=O) groups excluding carboxylic acids is 1. The third-order valence-electron chi connectivity index (χ3n) is 3.09. The van der Waals surface area contributed by atoms with Crippen molar-refractivity contribution in [2.75, 3.05) is 12.4 Å². The predicted octanol–water partition coefficient (Wildman–Crippen LogP) is 4.44. The quantitative estimate of drug-likeness (QED) is 0.786. The molecule has 0 atom stereocenters. The van der Waals surface area contributed by atoms with Gasteiger partial charge in [0.05, 0.1) is 28.4 Å². The lowest BCUT2D eigenvalue weighted by molar-refractivity contribution is 0.0974. The van der Waals surface area contributed by atoms with Crippen LogP contribution in [-0.2, 0) is 0 Å². The van der Waals surface area contributed by atoms with Crippen molar-refractivity contribution in [3.8, 4) is 5.75 Å². The van der Waals surface area contributed by atoms with Crippen LogP contribution >= 0.6 is 35.4 Å². The number of carbonyl (C=O) groups is 1. The summed E-state index contributed by atoms with van der Waals surface area (Å²) in [5, 5.41) is 6.28. The van der Waals surface area contributed by atoms with E-state index < -0.39 is 0 Å². The van der Waals surface area contributed by atoms with Gasteiger partial charge in [-0.05, 0) is 42.9 Å². The van der Waals surface area contributed by atoms with Gasteiger partial charge in [-0.15, -0.1) is 0 Å². The first-order valence-electron chi connectivity index (χ1n) is 6.64. The van der Waals surface area contributed by atoms with Gasteiger partial charge in [0.15, 0.2) is 5.11 Å². The molecule has 1 amide bonds. The number of thiocarbonyl (C=S) groups is 1. The Morgan fingerprint density at radius 1 is 1.17 bits per heavy atom. The average Bonchev–Trinajstić information content (AvgIpc) is 2.51. The first kappa shape index (κ1) is 17.5.